The zero-order valence-corrected chi connectivity index (χ0v) is 13.0. The maximum Gasteiger partial charge on any atom is 0.304 e. The number of allylic oxidation sites excluding steroid dienone is 2. The van der Waals surface area contributed by atoms with Crippen molar-refractivity contribution in [2.75, 3.05) is 0 Å². The third-order valence-electron chi connectivity index (χ3n) is 4.49. The fraction of sp³-hybridized carbons (Fsp3) is 0.722. The van der Waals surface area contributed by atoms with E-state index in [2.05, 4.69) is 17.9 Å². The van der Waals surface area contributed by atoms with Gasteiger partial charge in [0.1, 0.15) is 0 Å². The summed E-state index contributed by atoms with van der Waals surface area (Å²) in [7, 11) is 0. The van der Waals surface area contributed by atoms with Crippen LogP contribution in [0.2, 0.25) is 0 Å². The summed E-state index contributed by atoms with van der Waals surface area (Å²) < 4.78 is 5.16. The van der Waals surface area contributed by atoms with Gasteiger partial charge in [0.05, 0.1) is 0 Å². The molecule has 0 radical (unpaired) electrons. The summed E-state index contributed by atoms with van der Waals surface area (Å²) in [5.74, 6) is 6.68. The lowest BCUT2D eigenvalue weighted by molar-refractivity contribution is -0.148. The van der Waals surface area contributed by atoms with Crippen LogP contribution >= 0.6 is 0 Å². The summed E-state index contributed by atoms with van der Waals surface area (Å²) in [6.45, 7) is 5.06. The van der Waals surface area contributed by atoms with Crippen LogP contribution in [0.1, 0.15) is 65.7 Å². The summed E-state index contributed by atoms with van der Waals surface area (Å²) >= 11 is 0. The highest BCUT2D eigenvalue weighted by Crippen LogP contribution is 2.60. The molecule has 2 rings (SSSR count). The highest BCUT2D eigenvalue weighted by atomic mass is 16.6. The Hall–Kier alpha value is -1.23. The number of rotatable bonds is 2. The van der Waals surface area contributed by atoms with Gasteiger partial charge in [-0.1, -0.05) is 43.6 Å². The van der Waals surface area contributed by atoms with E-state index in [9.17, 15) is 4.79 Å². The van der Waals surface area contributed by atoms with Crippen LogP contribution in [0.3, 0.4) is 0 Å². The van der Waals surface area contributed by atoms with Gasteiger partial charge in [-0.15, -0.1) is 0 Å². The van der Waals surface area contributed by atoms with Crippen LogP contribution in [0.4, 0.5) is 0 Å². The van der Waals surface area contributed by atoms with Crippen LogP contribution in [-0.2, 0) is 9.53 Å². The van der Waals surface area contributed by atoms with Crippen LogP contribution in [0.5, 0.6) is 0 Å². The Bertz CT molecular complexity index is 450. The van der Waals surface area contributed by atoms with Gasteiger partial charge in [-0.3, -0.25) is 4.79 Å². The molecular weight excluding hydrogens is 248 g/mol. The lowest BCUT2D eigenvalue weighted by Crippen LogP contribution is -2.24. The summed E-state index contributed by atoms with van der Waals surface area (Å²) in [6, 6.07) is 0. The van der Waals surface area contributed by atoms with Crippen LogP contribution in [0.25, 0.3) is 0 Å². The SMILES string of the molecule is CC(=O)OC(C)(C)C#C/C=C/C12CCCCCCC1C2. The van der Waals surface area contributed by atoms with Gasteiger partial charge in [-0.05, 0) is 50.5 Å². The van der Waals surface area contributed by atoms with E-state index in [1.54, 1.807) is 0 Å². The van der Waals surface area contributed by atoms with Gasteiger partial charge in [0.15, 0.2) is 5.60 Å². The average molecular weight is 274 g/mol. The molecule has 2 nitrogen and oxygen atoms in total. The minimum Gasteiger partial charge on any atom is -0.447 e. The molecule has 0 N–H and O–H groups in total. The van der Waals surface area contributed by atoms with Gasteiger partial charge in [0, 0.05) is 6.92 Å². The summed E-state index contributed by atoms with van der Waals surface area (Å²) in [4.78, 5) is 11.0. The molecule has 0 heterocycles. The predicted octanol–water partition coefficient (Wildman–Crippen LogP) is 4.25. The lowest BCUT2D eigenvalue weighted by atomic mass is 9.90. The number of hydrogen-bond acceptors (Lipinski definition) is 2. The van der Waals surface area contributed by atoms with Crippen molar-refractivity contribution < 1.29 is 9.53 Å². The van der Waals surface area contributed by atoms with E-state index < -0.39 is 5.60 Å². The number of fused-ring (bicyclic) bond motifs is 1. The second-order valence-corrected chi connectivity index (χ2v) is 6.79. The molecule has 0 saturated heterocycles. The number of ether oxygens (including phenoxy) is 1. The molecule has 20 heavy (non-hydrogen) atoms. The molecule has 2 fully saturated rings. The van der Waals surface area contributed by atoms with E-state index in [-0.39, 0.29) is 5.97 Å². The molecule has 2 heteroatoms. The normalized spacial score (nSPS) is 29.6. The van der Waals surface area contributed by atoms with E-state index in [1.165, 1.54) is 51.9 Å². The van der Waals surface area contributed by atoms with Crippen LogP contribution in [0, 0.1) is 23.2 Å². The van der Waals surface area contributed by atoms with Gasteiger partial charge in [0.25, 0.3) is 0 Å². The molecular formula is C18H26O2. The molecule has 0 aromatic heterocycles. The minimum absolute atomic E-state index is 0.283. The number of hydrogen-bond donors (Lipinski definition) is 0. The van der Waals surface area contributed by atoms with E-state index in [1.807, 2.05) is 19.9 Å². The minimum atomic E-state index is -0.697. The Labute approximate surface area is 123 Å². The van der Waals surface area contributed by atoms with E-state index in [4.69, 9.17) is 4.74 Å². The van der Waals surface area contributed by atoms with Crippen molar-refractivity contribution >= 4 is 5.97 Å². The summed E-state index contributed by atoms with van der Waals surface area (Å²) in [6.07, 6.45) is 13.9. The fourth-order valence-corrected chi connectivity index (χ4v) is 3.39. The molecule has 0 aliphatic heterocycles. The second-order valence-electron chi connectivity index (χ2n) is 6.79. The monoisotopic (exact) mass is 274 g/mol. The van der Waals surface area contributed by atoms with Gasteiger partial charge in [0.2, 0.25) is 0 Å². The fourth-order valence-electron chi connectivity index (χ4n) is 3.39. The van der Waals surface area contributed by atoms with E-state index >= 15 is 0 Å². The van der Waals surface area contributed by atoms with Gasteiger partial charge >= 0.3 is 5.97 Å². The predicted molar refractivity (Wildman–Crippen MR) is 81.0 cm³/mol. The smallest absolute Gasteiger partial charge is 0.304 e. The first-order valence-corrected chi connectivity index (χ1v) is 7.84. The summed E-state index contributed by atoms with van der Waals surface area (Å²) in [5, 5.41) is 0. The van der Waals surface area contributed by atoms with Crippen molar-refractivity contribution in [1.29, 1.82) is 0 Å². The Kier molecular flexibility index (Phi) is 4.58. The first-order valence-electron chi connectivity index (χ1n) is 7.84. The Morgan fingerprint density at radius 3 is 2.80 bits per heavy atom. The first-order chi connectivity index (χ1) is 9.44. The molecule has 2 aliphatic carbocycles. The maximum absolute atomic E-state index is 11.0. The molecule has 2 saturated carbocycles. The summed E-state index contributed by atoms with van der Waals surface area (Å²) in [5.41, 5.74) is -0.252. The van der Waals surface area contributed by atoms with Crippen molar-refractivity contribution in [2.24, 2.45) is 11.3 Å². The lowest BCUT2D eigenvalue weighted by Gasteiger charge is -2.17. The molecule has 2 unspecified atom stereocenters. The molecule has 110 valence electrons. The largest absolute Gasteiger partial charge is 0.447 e. The number of carbonyl (C=O) groups excluding carboxylic acids is 1. The zero-order valence-electron chi connectivity index (χ0n) is 13.0. The van der Waals surface area contributed by atoms with Crippen LogP contribution < -0.4 is 0 Å². The standard InChI is InChI=1S/C18H26O2/c1-15(19)20-17(2,3)11-8-9-13-18-12-7-5-4-6-10-16(18)14-18/h9,13,16H,4-7,10,12,14H2,1-3H3/b13-9+. The van der Waals surface area contributed by atoms with Crippen molar-refractivity contribution in [1.82, 2.24) is 0 Å². The van der Waals surface area contributed by atoms with Gasteiger partial charge in [-0.25, -0.2) is 0 Å². The van der Waals surface area contributed by atoms with Crippen molar-refractivity contribution in [3.05, 3.63) is 12.2 Å². The molecule has 0 bridgehead atoms. The number of esters is 1. The molecule has 0 spiro atoms. The second kappa shape index (κ2) is 6.04. The van der Waals surface area contributed by atoms with Crippen molar-refractivity contribution in [3.8, 4) is 11.8 Å². The average Bonchev–Trinajstić information content (AvgIpc) is 2.96. The molecule has 0 amide bonds. The third-order valence-corrected chi connectivity index (χ3v) is 4.49. The molecule has 0 aromatic rings. The highest BCUT2D eigenvalue weighted by Gasteiger charge is 2.50. The van der Waals surface area contributed by atoms with Crippen molar-refractivity contribution in [3.63, 3.8) is 0 Å². The number of carbonyl (C=O) groups is 1. The van der Waals surface area contributed by atoms with Gasteiger partial charge in [-0.2, -0.15) is 0 Å². The highest BCUT2D eigenvalue weighted by molar-refractivity contribution is 5.67. The molecule has 2 aliphatic rings. The van der Waals surface area contributed by atoms with E-state index in [0.717, 1.165) is 5.92 Å². The van der Waals surface area contributed by atoms with Crippen LogP contribution in [0.15, 0.2) is 12.2 Å². The van der Waals surface area contributed by atoms with Crippen molar-refractivity contribution in [2.45, 2.75) is 71.3 Å². The van der Waals surface area contributed by atoms with E-state index in [0.29, 0.717) is 5.41 Å². The first kappa shape index (κ1) is 15.2. The maximum atomic E-state index is 11.0. The van der Waals surface area contributed by atoms with Crippen LogP contribution in [-0.4, -0.2) is 11.6 Å². The Morgan fingerprint density at radius 1 is 1.30 bits per heavy atom. The van der Waals surface area contributed by atoms with Gasteiger partial charge < -0.3 is 4.74 Å². The topological polar surface area (TPSA) is 26.3 Å². The Morgan fingerprint density at radius 2 is 2.05 bits per heavy atom. The quantitative estimate of drug-likeness (QED) is 0.556. The zero-order chi connectivity index (χ0) is 14.6. The molecule has 0 aromatic carbocycles. The molecule has 2 atom stereocenters. The Balaban J connectivity index is 1.92. The third kappa shape index (κ3) is 4.13.